The number of carboxylic acids is 1. The van der Waals surface area contributed by atoms with Gasteiger partial charge in [0.25, 0.3) is 0 Å². The Morgan fingerprint density at radius 3 is 2.75 bits per heavy atom. The zero-order valence-corrected chi connectivity index (χ0v) is 9.44. The predicted molar refractivity (Wildman–Crippen MR) is 62.4 cm³/mol. The highest BCUT2D eigenvalue weighted by Crippen LogP contribution is 2.26. The molecule has 2 N–H and O–H groups in total. The van der Waals surface area contributed by atoms with Crippen LogP contribution in [0.4, 0.5) is 0 Å². The Bertz CT molecular complexity index is 383. The van der Waals surface area contributed by atoms with Crippen LogP contribution in [0.3, 0.4) is 0 Å². The molecule has 3 nitrogen and oxygen atoms in total. The lowest BCUT2D eigenvalue weighted by Gasteiger charge is -2.33. The van der Waals surface area contributed by atoms with Gasteiger partial charge in [-0.05, 0) is 30.4 Å². The SMILES string of the molecule is CC1CC(NCc2ccccc2C(=O)O)C1. The highest BCUT2D eigenvalue weighted by atomic mass is 16.4. The molecular weight excluding hydrogens is 202 g/mol. The summed E-state index contributed by atoms with van der Waals surface area (Å²) < 4.78 is 0. The number of carboxylic acid groups (broad SMARTS) is 1. The van der Waals surface area contributed by atoms with Gasteiger partial charge in [-0.25, -0.2) is 4.79 Å². The Morgan fingerprint density at radius 1 is 1.44 bits per heavy atom. The standard InChI is InChI=1S/C13H17NO2/c1-9-6-11(7-9)14-8-10-4-2-3-5-12(10)13(15)16/h2-5,9,11,14H,6-8H2,1H3,(H,15,16). The van der Waals surface area contributed by atoms with Crippen LogP contribution in [0.1, 0.15) is 35.7 Å². The van der Waals surface area contributed by atoms with Crippen molar-refractivity contribution in [2.75, 3.05) is 0 Å². The molecule has 0 saturated heterocycles. The summed E-state index contributed by atoms with van der Waals surface area (Å²) in [6, 6.07) is 7.74. The number of hydrogen-bond donors (Lipinski definition) is 2. The normalized spacial score (nSPS) is 23.8. The van der Waals surface area contributed by atoms with Gasteiger partial charge in [0, 0.05) is 12.6 Å². The van der Waals surface area contributed by atoms with Gasteiger partial charge in [-0.1, -0.05) is 25.1 Å². The summed E-state index contributed by atoms with van der Waals surface area (Å²) in [6.45, 7) is 2.89. The van der Waals surface area contributed by atoms with E-state index < -0.39 is 5.97 Å². The molecule has 16 heavy (non-hydrogen) atoms. The zero-order chi connectivity index (χ0) is 11.5. The van der Waals surface area contributed by atoms with Gasteiger partial charge >= 0.3 is 5.97 Å². The molecule has 0 aromatic heterocycles. The minimum atomic E-state index is -0.848. The number of rotatable bonds is 4. The molecule has 0 unspecified atom stereocenters. The molecule has 1 aromatic carbocycles. The van der Waals surface area contributed by atoms with Gasteiger partial charge in [-0.2, -0.15) is 0 Å². The number of benzene rings is 1. The van der Waals surface area contributed by atoms with Gasteiger partial charge in [-0.3, -0.25) is 0 Å². The van der Waals surface area contributed by atoms with E-state index >= 15 is 0 Å². The summed E-state index contributed by atoms with van der Waals surface area (Å²) in [4.78, 5) is 11.0. The largest absolute Gasteiger partial charge is 0.478 e. The average Bonchev–Trinajstić information content (AvgIpc) is 2.23. The molecule has 86 valence electrons. The van der Waals surface area contributed by atoms with Gasteiger partial charge in [0.2, 0.25) is 0 Å². The number of hydrogen-bond acceptors (Lipinski definition) is 2. The van der Waals surface area contributed by atoms with Crippen LogP contribution in [0.5, 0.6) is 0 Å². The van der Waals surface area contributed by atoms with E-state index in [1.165, 1.54) is 12.8 Å². The molecule has 0 aliphatic heterocycles. The molecule has 0 spiro atoms. The summed E-state index contributed by atoms with van der Waals surface area (Å²) in [6.07, 6.45) is 2.41. The van der Waals surface area contributed by atoms with Crippen LogP contribution in [0, 0.1) is 5.92 Å². The zero-order valence-electron chi connectivity index (χ0n) is 9.44. The number of nitrogens with one attached hydrogen (secondary N) is 1. The predicted octanol–water partition coefficient (Wildman–Crippen LogP) is 2.27. The second kappa shape index (κ2) is 4.66. The van der Waals surface area contributed by atoms with Crippen molar-refractivity contribution in [2.24, 2.45) is 5.92 Å². The Kier molecular flexibility index (Phi) is 3.25. The fraction of sp³-hybridized carbons (Fsp3) is 0.462. The summed E-state index contributed by atoms with van der Waals surface area (Å²) in [5.74, 6) is -0.0356. The lowest BCUT2D eigenvalue weighted by atomic mass is 9.82. The fourth-order valence-electron chi connectivity index (χ4n) is 2.21. The third-order valence-corrected chi connectivity index (χ3v) is 3.20. The fourth-order valence-corrected chi connectivity index (χ4v) is 2.21. The Labute approximate surface area is 95.5 Å². The maximum atomic E-state index is 11.0. The molecule has 1 aliphatic rings. The summed E-state index contributed by atoms with van der Waals surface area (Å²) in [5, 5.41) is 12.4. The molecule has 0 atom stereocenters. The van der Waals surface area contributed by atoms with E-state index in [0.717, 1.165) is 11.5 Å². The second-order valence-corrected chi connectivity index (χ2v) is 4.62. The summed E-state index contributed by atoms with van der Waals surface area (Å²) in [5.41, 5.74) is 1.27. The van der Waals surface area contributed by atoms with E-state index in [1.54, 1.807) is 12.1 Å². The molecule has 0 bridgehead atoms. The van der Waals surface area contributed by atoms with Crippen LogP contribution in [-0.4, -0.2) is 17.1 Å². The first-order chi connectivity index (χ1) is 7.66. The van der Waals surface area contributed by atoms with E-state index in [0.29, 0.717) is 18.2 Å². The first kappa shape index (κ1) is 11.1. The van der Waals surface area contributed by atoms with Crippen molar-refractivity contribution in [1.29, 1.82) is 0 Å². The van der Waals surface area contributed by atoms with Crippen molar-refractivity contribution in [3.63, 3.8) is 0 Å². The first-order valence-corrected chi connectivity index (χ1v) is 5.71. The van der Waals surface area contributed by atoms with Crippen LogP contribution in [0.25, 0.3) is 0 Å². The van der Waals surface area contributed by atoms with Crippen molar-refractivity contribution >= 4 is 5.97 Å². The van der Waals surface area contributed by atoms with E-state index in [-0.39, 0.29) is 0 Å². The van der Waals surface area contributed by atoms with Crippen molar-refractivity contribution in [1.82, 2.24) is 5.32 Å². The first-order valence-electron chi connectivity index (χ1n) is 5.71. The Balaban J connectivity index is 1.95. The maximum Gasteiger partial charge on any atom is 0.336 e. The topological polar surface area (TPSA) is 49.3 Å². The Hall–Kier alpha value is -1.35. The molecule has 1 aromatic rings. The number of carbonyl (C=O) groups is 1. The van der Waals surface area contributed by atoms with Gasteiger partial charge in [0.05, 0.1) is 5.56 Å². The highest BCUT2D eigenvalue weighted by Gasteiger charge is 2.24. The third kappa shape index (κ3) is 2.42. The minimum absolute atomic E-state index is 0.405. The van der Waals surface area contributed by atoms with E-state index in [4.69, 9.17) is 5.11 Å². The molecular formula is C13H17NO2. The average molecular weight is 219 g/mol. The smallest absolute Gasteiger partial charge is 0.336 e. The summed E-state index contributed by atoms with van der Waals surface area (Å²) >= 11 is 0. The Morgan fingerprint density at radius 2 is 2.12 bits per heavy atom. The molecule has 0 radical (unpaired) electrons. The van der Waals surface area contributed by atoms with Gasteiger partial charge in [0.1, 0.15) is 0 Å². The molecule has 2 rings (SSSR count). The molecule has 0 amide bonds. The maximum absolute atomic E-state index is 11.0. The van der Waals surface area contributed by atoms with E-state index in [2.05, 4.69) is 12.2 Å². The molecule has 1 saturated carbocycles. The van der Waals surface area contributed by atoms with Crippen molar-refractivity contribution in [3.05, 3.63) is 35.4 Å². The second-order valence-electron chi connectivity index (χ2n) is 4.62. The molecule has 0 heterocycles. The quantitative estimate of drug-likeness (QED) is 0.816. The van der Waals surface area contributed by atoms with Crippen molar-refractivity contribution < 1.29 is 9.90 Å². The van der Waals surface area contributed by atoms with E-state index in [1.807, 2.05) is 12.1 Å². The minimum Gasteiger partial charge on any atom is -0.478 e. The van der Waals surface area contributed by atoms with Crippen LogP contribution in [0.15, 0.2) is 24.3 Å². The van der Waals surface area contributed by atoms with Crippen molar-refractivity contribution in [2.45, 2.75) is 32.4 Å². The highest BCUT2D eigenvalue weighted by molar-refractivity contribution is 5.89. The lowest BCUT2D eigenvalue weighted by molar-refractivity contribution is 0.0695. The summed E-state index contributed by atoms with van der Waals surface area (Å²) in [7, 11) is 0. The van der Waals surface area contributed by atoms with Crippen LogP contribution in [0.2, 0.25) is 0 Å². The number of aromatic carboxylic acids is 1. The van der Waals surface area contributed by atoms with Crippen LogP contribution in [-0.2, 0) is 6.54 Å². The molecule has 1 fully saturated rings. The van der Waals surface area contributed by atoms with Crippen molar-refractivity contribution in [3.8, 4) is 0 Å². The van der Waals surface area contributed by atoms with E-state index in [9.17, 15) is 4.79 Å². The third-order valence-electron chi connectivity index (χ3n) is 3.20. The lowest BCUT2D eigenvalue weighted by Crippen LogP contribution is -2.39. The monoisotopic (exact) mass is 219 g/mol. The van der Waals surface area contributed by atoms with Crippen LogP contribution < -0.4 is 5.32 Å². The van der Waals surface area contributed by atoms with Gasteiger partial charge in [-0.15, -0.1) is 0 Å². The molecule has 3 heteroatoms. The van der Waals surface area contributed by atoms with Crippen LogP contribution >= 0.6 is 0 Å². The van der Waals surface area contributed by atoms with Gasteiger partial charge < -0.3 is 10.4 Å². The molecule has 1 aliphatic carbocycles. The van der Waals surface area contributed by atoms with Gasteiger partial charge in [0.15, 0.2) is 0 Å².